The lowest BCUT2D eigenvalue weighted by Crippen LogP contribution is -2.03. The van der Waals surface area contributed by atoms with E-state index in [0.29, 0.717) is 13.1 Å². The van der Waals surface area contributed by atoms with Gasteiger partial charge in [0.15, 0.2) is 0 Å². The minimum atomic E-state index is 0.521. The van der Waals surface area contributed by atoms with Crippen LogP contribution in [0.1, 0.15) is 17.1 Å². The first-order chi connectivity index (χ1) is 7.29. The van der Waals surface area contributed by atoms with Gasteiger partial charge in [0.2, 0.25) is 0 Å². The molecule has 0 aliphatic rings. The van der Waals surface area contributed by atoms with E-state index in [1.165, 1.54) is 0 Å². The van der Waals surface area contributed by atoms with Crippen LogP contribution in [0.4, 0.5) is 0 Å². The summed E-state index contributed by atoms with van der Waals surface area (Å²) in [5.74, 6) is 0. The molecule has 7 heteroatoms. The van der Waals surface area contributed by atoms with Crippen molar-refractivity contribution in [1.29, 1.82) is 0 Å². The Labute approximate surface area is 86.2 Å². The molecule has 7 nitrogen and oxygen atoms in total. The minimum Gasteiger partial charge on any atom is -0.330 e. The lowest BCUT2D eigenvalue weighted by Gasteiger charge is -1.94. The van der Waals surface area contributed by atoms with E-state index in [1.807, 2.05) is 13.1 Å². The van der Waals surface area contributed by atoms with Gasteiger partial charge >= 0.3 is 0 Å². The topological polar surface area (TPSA) is 95.7 Å². The van der Waals surface area contributed by atoms with Crippen molar-refractivity contribution >= 4 is 0 Å². The maximum Gasteiger partial charge on any atom is 0.129 e. The van der Waals surface area contributed by atoms with E-state index in [2.05, 4.69) is 25.3 Å². The van der Waals surface area contributed by atoms with Crippen molar-refractivity contribution in [1.82, 2.24) is 25.3 Å². The monoisotopic (exact) mass is 208 g/mol. The van der Waals surface area contributed by atoms with E-state index < -0.39 is 0 Å². The molecule has 2 rings (SSSR count). The molecule has 2 aromatic rings. The molecule has 2 aromatic heterocycles. The summed E-state index contributed by atoms with van der Waals surface area (Å²) in [6.07, 6.45) is 2.58. The second-order valence-corrected chi connectivity index (χ2v) is 3.24. The zero-order valence-corrected chi connectivity index (χ0v) is 8.42. The number of hydrogen-bond acceptors (Lipinski definition) is 6. The summed E-state index contributed by atoms with van der Waals surface area (Å²) >= 11 is 0. The molecule has 0 aliphatic heterocycles. The van der Waals surface area contributed by atoms with E-state index in [-0.39, 0.29) is 0 Å². The molecule has 0 spiro atoms. The Morgan fingerprint density at radius 3 is 3.00 bits per heavy atom. The normalized spacial score (nSPS) is 10.8. The van der Waals surface area contributed by atoms with Gasteiger partial charge in [0.05, 0.1) is 12.2 Å². The number of hydrogen-bond donors (Lipinski definition) is 1. The molecule has 0 radical (unpaired) electrons. The maximum absolute atomic E-state index is 5.42. The number of aryl methyl sites for hydroxylation is 1. The fourth-order valence-electron chi connectivity index (χ4n) is 1.22. The largest absolute Gasteiger partial charge is 0.330 e. The van der Waals surface area contributed by atoms with Crippen molar-refractivity contribution in [2.24, 2.45) is 5.73 Å². The zero-order valence-electron chi connectivity index (χ0n) is 8.42. The fraction of sp³-hybridized carbons (Fsp3) is 0.500. The third-order valence-electron chi connectivity index (χ3n) is 2.04. The number of nitrogens with zero attached hydrogens (tertiary/aromatic N) is 5. The Bertz CT molecular complexity index is 434. The summed E-state index contributed by atoms with van der Waals surface area (Å²) in [6.45, 7) is 2.93. The van der Waals surface area contributed by atoms with E-state index in [9.17, 15) is 0 Å². The Kier molecular flexibility index (Phi) is 2.72. The Morgan fingerprint density at radius 1 is 1.47 bits per heavy atom. The summed E-state index contributed by atoms with van der Waals surface area (Å²) < 4.78 is 6.28. The van der Waals surface area contributed by atoms with E-state index in [1.54, 1.807) is 4.68 Å². The summed E-state index contributed by atoms with van der Waals surface area (Å²) in [4.78, 5) is 0. The molecule has 0 amide bonds. The molecular weight excluding hydrogens is 196 g/mol. The zero-order chi connectivity index (χ0) is 10.7. The molecule has 0 aliphatic carbocycles. The van der Waals surface area contributed by atoms with Gasteiger partial charge in [-0.2, -0.15) is 0 Å². The van der Waals surface area contributed by atoms with Gasteiger partial charge in [-0.3, -0.25) is 0 Å². The summed E-state index contributed by atoms with van der Waals surface area (Å²) in [5, 5.41) is 15.4. The summed E-state index contributed by atoms with van der Waals surface area (Å²) in [7, 11) is 0. The van der Waals surface area contributed by atoms with Crippen LogP contribution in [0.5, 0.6) is 0 Å². The number of nitrogens with two attached hydrogens (primary N) is 1. The molecule has 0 unspecified atom stereocenters. The molecule has 0 aromatic carbocycles. The Hall–Kier alpha value is -1.76. The molecule has 0 saturated carbocycles. The lowest BCUT2D eigenvalue weighted by molar-refractivity contribution is 0.300. The summed E-state index contributed by atoms with van der Waals surface area (Å²) in [6, 6.07) is 0. The van der Waals surface area contributed by atoms with Gasteiger partial charge in [-0.25, -0.2) is 9.31 Å². The minimum absolute atomic E-state index is 0.521. The number of rotatable bonds is 4. The van der Waals surface area contributed by atoms with Crippen molar-refractivity contribution < 1.29 is 4.63 Å². The average molecular weight is 208 g/mol. The summed E-state index contributed by atoms with van der Waals surface area (Å²) in [5.41, 5.74) is 7.83. The number of aromatic nitrogens is 5. The van der Waals surface area contributed by atoms with Crippen LogP contribution in [-0.4, -0.2) is 31.9 Å². The molecule has 0 atom stereocenters. The fourth-order valence-corrected chi connectivity index (χ4v) is 1.22. The smallest absolute Gasteiger partial charge is 0.129 e. The van der Waals surface area contributed by atoms with Crippen molar-refractivity contribution in [3.05, 3.63) is 23.3 Å². The van der Waals surface area contributed by atoms with E-state index >= 15 is 0 Å². The Balaban J connectivity index is 2.08. The van der Waals surface area contributed by atoms with Crippen molar-refractivity contribution in [2.45, 2.75) is 19.9 Å². The van der Waals surface area contributed by atoms with Crippen LogP contribution in [0.25, 0.3) is 0 Å². The van der Waals surface area contributed by atoms with E-state index in [4.69, 9.17) is 5.73 Å². The quantitative estimate of drug-likeness (QED) is 0.729. The van der Waals surface area contributed by atoms with Gasteiger partial charge in [0, 0.05) is 12.6 Å². The van der Waals surface area contributed by atoms with Gasteiger partial charge in [0.1, 0.15) is 11.4 Å². The maximum atomic E-state index is 5.42. The van der Waals surface area contributed by atoms with Crippen LogP contribution in [0.3, 0.4) is 0 Å². The van der Waals surface area contributed by atoms with Crippen molar-refractivity contribution in [2.75, 3.05) is 6.54 Å². The molecule has 2 heterocycles. The SMILES string of the molecule is Cc1nonc1Cn1cc(CCN)nn1. The molecular formula is C8H12N6O. The van der Waals surface area contributed by atoms with Gasteiger partial charge in [-0.1, -0.05) is 15.5 Å². The predicted molar refractivity (Wildman–Crippen MR) is 50.9 cm³/mol. The predicted octanol–water partition coefficient (Wildman–Crippen LogP) is -0.481. The van der Waals surface area contributed by atoms with Crippen molar-refractivity contribution in [3.63, 3.8) is 0 Å². The van der Waals surface area contributed by atoms with Gasteiger partial charge in [-0.15, -0.1) is 5.10 Å². The van der Waals surface area contributed by atoms with Crippen LogP contribution in [0.15, 0.2) is 10.8 Å². The van der Waals surface area contributed by atoms with Crippen LogP contribution in [0.2, 0.25) is 0 Å². The molecule has 15 heavy (non-hydrogen) atoms. The third-order valence-corrected chi connectivity index (χ3v) is 2.04. The molecule has 2 N–H and O–H groups in total. The first kappa shape index (κ1) is 9.78. The highest BCUT2D eigenvalue weighted by atomic mass is 16.6. The third kappa shape index (κ3) is 2.18. The molecule has 0 fully saturated rings. The van der Waals surface area contributed by atoms with Crippen LogP contribution >= 0.6 is 0 Å². The van der Waals surface area contributed by atoms with Crippen LogP contribution < -0.4 is 5.73 Å². The highest BCUT2D eigenvalue weighted by Crippen LogP contribution is 2.03. The van der Waals surface area contributed by atoms with Crippen LogP contribution in [0, 0.1) is 6.92 Å². The molecule has 80 valence electrons. The Morgan fingerprint density at radius 2 is 2.33 bits per heavy atom. The highest BCUT2D eigenvalue weighted by molar-refractivity contribution is 5.05. The van der Waals surface area contributed by atoms with E-state index in [0.717, 1.165) is 23.5 Å². The van der Waals surface area contributed by atoms with Gasteiger partial charge < -0.3 is 5.73 Å². The van der Waals surface area contributed by atoms with Gasteiger partial charge in [-0.05, 0) is 13.5 Å². The highest BCUT2D eigenvalue weighted by Gasteiger charge is 2.07. The second-order valence-electron chi connectivity index (χ2n) is 3.24. The molecule has 0 saturated heterocycles. The standard InChI is InChI=1S/C8H12N6O/c1-6-8(12-15-11-6)5-14-4-7(2-3-9)10-13-14/h4H,2-3,5,9H2,1H3. The van der Waals surface area contributed by atoms with Gasteiger partial charge in [0.25, 0.3) is 0 Å². The lowest BCUT2D eigenvalue weighted by atomic mass is 10.3. The average Bonchev–Trinajstić information content (AvgIpc) is 2.79. The first-order valence-electron chi connectivity index (χ1n) is 4.66. The molecule has 0 bridgehead atoms. The van der Waals surface area contributed by atoms with Crippen LogP contribution in [-0.2, 0) is 13.0 Å². The van der Waals surface area contributed by atoms with Crippen molar-refractivity contribution in [3.8, 4) is 0 Å². The second kappa shape index (κ2) is 4.18. The first-order valence-corrected chi connectivity index (χ1v) is 4.66.